The van der Waals surface area contributed by atoms with Crippen molar-refractivity contribution in [2.45, 2.75) is 46.6 Å². The molecule has 1 fully saturated rings. The van der Waals surface area contributed by atoms with E-state index in [1.165, 1.54) is 0 Å². The van der Waals surface area contributed by atoms with Crippen LogP contribution in [0, 0.1) is 11.8 Å². The molecule has 15 heavy (non-hydrogen) atoms. The Kier molecular flexibility index (Phi) is 3.63. The van der Waals surface area contributed by atoms with Crippen LogP contribution >= 0.6 is 0 Å². The predicted molar refractivity (Wildman–Crippen MR) is 60.8 cm³/mol. The van der Waals surface area contributed by atoms with Crippen LogP contribution in [0.4, 0.5) is 4.79 Å². The molecule has 1 aliphatic heterocycles. The third-order valence-corrected chi connectivity index (χ3v) is 2.82. The minimum atomic E-state index is -0.382. The summed E-state index contributed by atoms with van der Waals surface area (Å²) in [4.78, 5) is 13.6. The van der Waals surface area contributed by atoms with E-state index < -0.39 is 0 Å². The molecule has 0 saturated carbocycles. The van der Waals surface area contributed by atoms with E-state index in [0.717, 1.165) is 19.5 Å². The summed E-state index contributed by atoms with van der Waals surface area (Å²) >= 11 is 0. The number of ether oxygens (including phenoxy) is 1. The summed E-state index contributed by atoms with van der Waals surface area (Å²) < 4.78 is 5.34. The number of hydrogen-bond acceptors (Lipinski definition) is 2. The summed E-state index contributed by atoms with van der Waals surface area (Å²) in [6.07, 6.45) is 0.947. The molecule has 1 unspecified atom stereocenters. The van der Waals surface area contributed by atoms with Crippen LogP contribution in [0.25, 0.3) is 0 Å². The summed E-state index contributed by atoms with van der Waals surface area (Å²) in [6.45, 7) is 11.8. The number of carbonyl (C=O) groups is 1. The molecular weight excluding hydrogens is 190 g/mol. The molecule has 0 aromatic carbocycles. The first kappa shape index (κ1) is 12.3. The van der Waals surface area contributed by atoms with Crippen LogP contribution in [0.1, 0.15) is 41.0 Å². The van der Waals surface area contributed by atoms with Crippen LogP contribution in [-0.4, -0.2) is 29.7 Å². The maximum absolute atomic E-state index is 11.7. The molecule has 0 aromatic heterocycles. The van der Waals surface area contributed by atoms with Crippen molar-refractivity contribution in [3.05, 3.63) is 0 Å². The highest BCUT2D eigenvalue weighted by Crippen LogP contribution is 2.24. The highest BCUT2D eigenvalue weighted by molar-refractivity contribution is 5.68. The van der Waals surface area contributed by atoms with Gasteiger partial charge in [0.1, 0.15) is 5.60 Å². The van der Waals surface area contributed by atoms with Gasteiger partial charge in [-0.25, -0.2) is 4.79 Å². The molecule has 0 N–H and O–H groups in total. The molecule has 0 radical (unpaired) electrons. The Bertz CT molecular complexity index is 230. The van der Waals surface area contributed by atoms with Gasteiger partial charge in [0.05, 0.1) is 0 Å². The van der Waals surface area contributed by atoms with Crippen LogP contribution in [0.3, 0.4) is 0 Å². The van der Waals surface area contributed by atoms with Gasteiger partial charge in [0.2, 0.25) is 0 Å². The lowest BCUT2D eigenvalue weighted by Gasteiger charge is -2.24. The fourth-order valence-corrected chi connectivity index (χ4v) is 1.82. The average Bonchev–Trinajstić information content (AvgIpc) is 2.47. The SMILES string of the molecule is CC(C)C1CCN(C(=O)OC(C)(C)C)C1. The maximum atomic E-state index is 11.7. The molecule has 0 bridgehead atoms. The topological polar surface area (TPSA) is 29.5 Å². The van der Waals surface area contributed by atoms with E-state index in [2.05, 4.69) is 13.8 Å². The molecule has 0 aliphatic carbocycles. The lowest BCUT2D eigenvalue weighted by molar-refractivity contribution is 0.0285. The van der Waals surface area contributed by atoms with Gasteiger partial charge in [-0.2, -0.15) is 0 Å². The summed E-state index contributed by atoms with van der Waals surface area (Å²) in [7, 11) is 0. The second kappa shape index (κ2) is 4.42. The van der Waals surface area contributed by atoms with E-state index in [9.17, 15) is 4.79 Å². The zero-order chi connectivity index (χ0) is 11.6. The smallest absolute Gasteiger partial charge is 0.410 e. The van der Waals surface area contributed by atoms with Crippen LogP contribution in [-0.2, 0) is 4.74 Å². The van der Waals surface area contributed by atoms with E-state index >= 15 is 0 Å². The van der Waals surface area contributed by atoms with Crippen LogP contribution in [0.2, 0.25) is 0 Å². The number of carbonyl (C=O) groups excluding carboxylic acids is 1. The van der Waals surface area contributed by atoms with Crippen molar-refractivity contribution in [1.82, 2.24) is 4.90 Å². The first-order chi connectivity index (χ1) is 6.79. The molecule has 3 nitrogen and oxygen atoms in total. The van der Waals surface area contributed by atoms with E-state index in [4.69, 9.17) is 4.74 Å². The molecule has 1 saturated heterocycles. The standard InChI is InChI=1S/C12H23NO2/c1-9(2)10-6-7-13(8-10)11(14)15-12(3,4)5/h9-10H,6-8H2,1-5H3. The van der Waals surface area contributed by atoms with Crippen molar-refractivity contribution in [1.29, 1.82) is 0 Å². The lowest BCUT2D eigenvalue weighted by Crippen LogP contribution is -2.35. The van der Waals surface area contributed by atoms with Crippen molar-refractivity contribution in [3.63, 3.8) is 0 Å². The van der Waals surface area contributed by atoms with Crippen molar-refractivity contribution in [2.75, 3.05) is 13.1 Å². The summed E-state index contributed by atoms with van der Waals surface area (Å²) in [5.41, 5.74) is -0.382. The van der Waals surface area contributed by atoms with Crippen LogP contribution < -0.4 is 0 Å². The highest BCUT2D eigenvalue weighted by atomic mass is 16.6. The van der Waals surface area contributed by atoms with Crippen molar-refractivity contribution in [3.8, 4) is 0 Å². The first-order valence-corrected chi connectivity index (χ1v) is 5.77. The normalized spacial score (nSPS) is 22.3. The Labute approximate surface area is 92.8 Å². The molecule has 1 heterocycles. The minimum Gasteiger partial charge on any atom is -0.444 e. The zero-order valence-electron chi connectivity index (χ0n) is 10.5. The molecule has 1 amide bonds. The third-order valence-electron chi connectivity index (χ3n) is 2.82. The van der Waals surface area contributed by atoms with Gasteiger partial charge in [-0.05, 0) is 39.0 Å². The molecule has 1 atom stereocenters. The van der Waals surface area contributed by atoms with Crippen molar-refractivity contribution < 1.29 is 9.53 Å². The highest BCUT2D eigenvalue weighted by Gasteiger charge is 2.30. The number of rotatable bonds is 1. The quantitative estimate of drug-likeness (QED) is 0.670. The van der Waals surface area contributed by atoms with Crippen molar-refractivity contribution in [2.24, 2.45) is 11.8 Å². The Balaban J connectivity index is 2.44. The molecule has 88 valence electrons. The summed E-state index contributed by atoms with van der Waals surface area (Å²) in [5, 5.41) is 0. The molecule has 1 rings (SSSR count). The third kappa shape index (κ3) is 3.73. The molecular formula is C12H23NO2. The zero-order valence-corrected chi connectivity index (χ0v) is 10.5. The van der Waals surface area contributed by atoms with E-state index in [0.29, 0.717) is 11.8 Å². The van der Waals surface area contributed by atoms with Crippen LogP contribution in [0.15, 0.2) is 0 Å². The minimum absolute atomic E-state index is 0.161. The van der Waals surface area contributed by atoms with Gasteiger partial charge in [-0.1, -0.05) is 13.8 Å². The monoisotopic (exact) mass is 213 g/mol. The largest absolute Gasteiger partial charge is 0.444 e. The molecule has 0 spiro atoms. The number of hydrogen-bond donors (Lipinski definition) is 0. The van der Waals surface area contributed by atoms with Gasteiger partial charge >= 0.3 is 6.09 Å². The van der Waals surface area contributed by atoms with Gasteiger partial charge in [-0.3, -0.25) is 0 Å². The number of likely N-dealkylation sites (tertiary alicyclic amines) is 1. The van der Waals surface area contributed by atoms with E-state index in [1.54, 1.807) is 0 Å². The van der Waals surface area contributed by atoms with Gasteiger partial charge in [0.15, 0.2) is 0 Å². The Morgan fingerprint density at radius 1 is 1.40 bits per heavy atom. The average molecular weight is 213 g/mol. The van der Waals surface area contributed by atoms with Crippen molar-refractivity contribution >= 4 is 6.09 Å². The lowest BCUT2D eigenvalue weighted by atomic mass is 9.95. The van der Waals surface area contributed by atoms with Gasteiger partial charge in [0.25, 0.3) is 0 Å². The van der Waals surface area contributed by atoms with E-state index in [-0.39, 0.29) is 11.7 Å². The van der Waals surface area contributed by atoms with Gasteiger partial charge in [-0.15, -0.1) is 0 Å². The van der Waals surface area contributed by atoms with Crippen LogP contribution in [0.5, 0.6) is 0 Å². The fraction of sp³-hybridized carbons (Fsp3) is 0.917. The van der Waals surface area contributed by atoms with Gasteiger partial charge < -0.3 is 9.64 Å². The summed E-state index contributed by atoms with van der Waals surface area (Å²) in [5.74, 6) is 1.29. The second-order valence-corrected chi connectivity index (χ2v) is 5.72. The predicted octanol–water partition coefficient (Wildman–Crippen LogP) is 2.90. The Morgan fingerprint density at radius 3 is 2.40 bits per heavy atom. The maximum Gasteiger partial charge on any atom is 0.410 e. The van der Waals surface area contributed by atoms with Gasteiger partial charge in [0, 0.05) is 13.1 Å². The Hall–Kier alpha value is -0.730. The second-order valence-electron chi connectivity index (χ2n) is 5.72. The number of nitrogens with zero attached hydrogens (tertiary/aromatic N) is 1. The molecule has 3 heteroatoms. The molecule has 1 aliphatic rings. The first-order valence-electron chi connectivity index (χ1n) is 5.77. The fourth-order valence-electron chi connectivity index (χ4n) is 1.82. The number of amides is 1. The van der Waals surface area contributed by atoms with E-state index in [1.807, 2.05) is 25.7 Å². The summed E-state index contributed by atoms with van der Waals surface area (Å²) in [6, 6.07) is 0. The molecule has 0 aromatic rings. The Morgan fingerprint density at radius 2 is 2.00 bits per heavy atom.